The minimum absolute atomic E-state index is 0.0223. The lowest BCUT2D eigenvalue weighted by molar-refractivity contribution is 0.0273. The van der Waals surface area contributed by atoms with Crippen molar-refractivity contribution >= 4 is 11.6 Å². The monoisotopic (exact) mass is 297 g/mol. The van der Waals surface area contributed by atoms with Crippen molar-refractivity contribution in [2.45, 2.75) is 31.5 Å². The molecule has 1 unspecified atom stereocenters. The summed E-state index contributed by atoms with van der Waals surface area (Å²) in [5.41, 5.74) is 0.967. The van der Waals surface area contributed by atoms with Gasteiger partial charge >= 0.3 is 0 Å². The molecule has 1 N–H and O–H groups in total. The lowest BCUT2D eigenvalue weighted by atomic mass is 9.96. The van der Waals surface area contributed by atoms with Gasteiger partial charge in [0, 0.05) is 24.7 Å². The highest BCUT2D eigenvalue weighted by atomic mass is 35.5. The second-order valence-electron chi connectivity index (χ2n) is 5.26. The van der Waals surface area contributed by atoms with Crippen molar-refractivity contribution in [1.82, 2.24) is 5.32 Å². The largest absolute Gasteiger partial charge is 0.493 e. The summed E-state index contributed by atoms with van der Waals surface area (Å²) in [4.78, 5) is 0. The van der Waals surface area contributed by atoms with Crippen LogP contribution in [0, 0.1) is 0 Å². The van der Waals surface area contributed by atoms with Crippen LogP contribution >= 0.6 is 11.6 Å². The predicted octanol–water partition coefficient (Wildman–Crippen LogP) is 2.94. The molecule has 1 saturated heterocycles. The first-order chi connectivity index (χ1) is 9.78. The van der Waals surface area contributed by atoms with Crippen LogP contribution in [0.25, 0.3) is 0 Å². The van der Waals surface area contributed by atoms with Gasteiger partial charge in [0.2, 0.25) is 0 Å². The first-order valence-corrected chi connectivity index (χ1v) is 7.52. The Kier molecular flexibility index (Phi) is 4.34. The van der Waals surface area contributed by atoms with Crippen molar-refractivity contribution in [3.8, 4) is 11.5 Å². The second kappa shape index (κ2) is 6.20. The smallest absolute Gasteiger partial charge is 0.162 e. The lowest BCUT2D eigenvalue weighted by Gasteiger charge is -2.29. The summed E-state index contributed by atoms with van der Waals surface area (Å²) in [7, 11) is 1.64. The van der Waals surface area contributed by atoms with Crippen molar-refractivity contribution in [1.29, 1.82) is 0 Å². The Bertz CT molecular complexity index is 470. The zero-order valence-corrected chi connectivity index (χ0v) is 12.4. The van der Waals surface area contributed by atoms with Gasteiger partial charge in [-0.3, -0.25) is 0 Å². The molecule has 0 amide bonds. The number of ether oxygens (including phenoxy) is 3. The number of nitrogens with one attached hydrogen (secondary N) is 1. The van der Waals surface area contributed by atoms with E-state index in [1.807, 2.05) is 12.1 Å². The molecule has 1 saturated carbocycles. The fourth-order valence-electron chi connectivity index (χ4n) is 2.48. The number of methoxy groups -OCH3 is 1. The third kappa shape index (κ3) is 2.87. The van der Waals surface area contributed by atoms with Crippen molar-refractivity contribution in [3.05, 3.63) is 22.7 Å². The lowest BCUT2D eigenvalue weighted by Crippen LogP contribution is -2.33. The second-order valence-corrected chi connectivity index (χ2v) is 5.67. The molecule has 0 spiro atoms. The van der Waals surface area contributed by atoms with Crippen LogP contribution in [0.1, 0.15) is 30.9 Å². The van der Waals surface area contributed by atoms with Crippen LogP contribution < -0.4 is 14.8 Å². The van der Waals surface area contributed by atoms with E-state index in [0.29, 0.717) is 23.5 Å². The summed E-state index contributed by atoms with van der Waals surface area (Å²) >= 11 is 6.35. The molecule has 5 heteroatoms. The first-order valence-electron chi connectivity index (χ1n) is 7.14. The number of halogens is 1. The predicted molar refractivity (Wildman–Crippen MR) is 77.8 cm³/mol. The summed E-state index contributed by atoms with van der Waals surface area (Å²) < 4.78 is 17.1. The number of hydrogen-bond donors (Lipinski definition) is 1. The topological polar surface area (TPSA) is 39.7 Å². The molecule has 20 heavy (non-hydrogen) atoms. The van der Waals surface area contributed by atoms with E-state index < -0.39 is 0 Å². The summed E-state index contributed by atoms with van der Waals surface area (Å²) in [6.07, 6.45) is 3.75. The molecule has 0 radical (unpaired) electrons. The van der Waals surface area contributed by atoms with Gasteiger partial charge in [-0.05, 0) is 25.3 Å². The van der Waals surface area contributed by atoms with E-state index in [0.717, 1.165) is 37.2 Å². The summed E-state index contributed by atoms with van der Waals surface area (Å²) in [6, 6.07) is 3.79. The molecule has 1 heterocycles. The van der Waals surface area contributed by atoms with Gasteiger partial charge in [0.15, 0.2) is 11.5 Å². The molecule has 4 nitrogen and oxygen atoms in total. The Morgan fingerprint density at radius 3 is 2.75 bits per heavy atom. The molecule has 3 rings (SSSR count). The Hall–Kier alpha value is -0.970. The van der Waals surface area contributed by atoms with E-state index in [1.54, 1.807) is 7.11 Å². The summed E-state index contributed by atoms with van der Waals surface area (Å²) in [5, 5.41) is 3.98. The van der Waals surface area contributed by atoms with Crippen molar-refractivity contribution in [2.75, 3.05) is 26.8 Å². The molecule has 1 aliphatic carbocycles. The minimum Gasteiger partial charge on any atom is -0.493 e. The highest BCUT2D eigenvalue weighted by Gasteiger charge is 2.24. The fourth-order valence-corrected chi connectivity index (χ4v) is 2.76. The zero-order chi connectivity index (χ0) is 13.9. The Balaban J connectivity index is 1.86. The van der Waals surface area contributed by atoms with Crippen LogP contribution in [0.2, 0.25) is 5.02 Å². The molecule has 1 atom stereocenters. The summed E-state index contributed by atoms with van der Waals surface area (Å²) in [5.74, 6) is 1.46. The quantitative estimate of drug-likeness (QED) is 0.927. The van der Waals surface area contributed by atoms with Gasteiger partial charge in [0.25, 0.3) is 0 Å². The number of hydrogen-bond acceptors (Lipinski definition) is 4. The molecule has 1 aromatic carbocycles. The number of morpholine rings is 1. The van der Waals surface area contributed by atoms with Crippen molar-refractivity contribution in [2.24, 2.45) is 0 Å². The van der Waals surface area contributed by atoms with E-state index in [9.17, 15) is 0 Å². The molecule has 0 aromatic heterocycles. The van der Waals surface area contributed by atoms with Crippen LogP contribution in [0.4, 0.5) is 0 Å². The van der Waals surface area contributed by atoms with Crippen molar-refractivity contribution < 1.29 is 14.2 Å². The third-order valence-corrected chi connectivity index (χ3v) is 4.23. The highest BCUT2D eigenvalue weighted by Crippen LogP contribution is 2.39. The van der Waals surface area contributed by atoms with E-state index >= 15 is 0 Å². The van der Waals surface area contributed by atoms with Crippen LogP contribution in [0.3, 0.4) is 0 Å². The number of benzene rings is 1. The van der Waals surface area contributed by atoms with Gasteiger partial charge in [-0.2, -0.15) is 0 Å². The van der Waals surface area contributed by atoms with Gasteiger partial charge in [0.1, 0.15) is 0 Å². The SMILES string of the molecule is COc1cc(Cl)c(C2CNCCO2)cc1OC1CCC1. The Labute approximate surface area is 124 Å². The average Bonchev–Trinajstić information content (AvgIpc) is 2.44. The maximum Gasteiger partial charge on any atom is 0.162 e. The highest BCUT2D eigenvalue weighted by molar-refractivity contribution is 6.31. The van der Waals surface area contributed by atoms with Gasteiger partial charge in [0.05, 0.1) is 30.9 Å². The normalized spacial score (nSPS) is 23.2. The minimum atomic E-state index is -0.0223. The molecule has 1 aliphatic heterocycles. The average molecular weight is 298 g/mol. The van der Waals surface area contributed by atoms with Gasteiger partial charge in [-0.25, -0.2) is 0 Å². The third-order valence-electron chi connectivity index (χ3n) is 3.90. The van der Waals surface area contributed by atoms with Gasteiger partial charge in [-0.1, -0.05) is 11.6 Å². The Morgan fingerprint density at radius 1 is 1.30 bits per heavy atom. The van der Waals surface area contributed by atoms with Crippen LogP contribution in [0.15, 0.2) is 12.1 Å². The molecule has 2 fully saturated rings. The molecule has 110 valence electrons. The fraction of sp³-hybridized carbons (Fsp3) is 0.600. The molecular formula is C15H20ClNO3. The Morgan fingerprint density at radius 2 is 2.15 bits per heavy atom. The van der Waals surface area contributed by atoms with Crippen LogP contribution in [-0.2, 0) is 4.74 Å². The maximum atomic E-state index is 6.35. The number of rotatable bonds is 4. The molecule has 1 aromatic rings. The molecule has 2 aliphatic rings. The van der Waals surface area contributed by atoms with E-state index in [1.165, 1.54) is 6.42 Å². The first kappa shape index (κ1) is 14.0. The zero-order valence-electron chi connectivity index (χ0n) is 11.7. The van der Waals surface area contributed by atoms with Crippen LogP contribution in [-0.4, -0.2) is 32.9 Å². The molecular weight excluding hydrogens is 278 g/mol. The van der Waals surface area contributed by atoms with Crippen LogP contribution in [0.5, 0.6) is 11.5 Å². The van der Waals surface area contributed by atoms with Gasteiger partial charge < -0.3 is 19.5 Å². The van der Waals surface area contributed by atoms with E-state index in [4.69, 9.17) is 25.8 Å². The van der Waals surface area contributed by atoms with Crippen molar-refractivity contribution in [3.63, 3.8) is 0 Å². The summed E-state index contributed by atoms with van der Waals surface area (Å²) in [6.45, 7) is 2.36. The van der Waals surface area contributed by atoms with Gasteiger partial charge in [-0.15, -0.1) is 0 Å². The maximum absolute atomic E-state index is 6.35. The molecule has 0 bridgehead atoms. The van der Waals surface area contributed by atoms with E-state index in [2.05, 4.69) is 5.32 Å². The van der Waals surface area contributed by atoms with E-state index in [-0.39, 0.29) is 6.10 Å². The standard InChI is InChI=1S/C15H20ClNO3/c1-18-13-8-12(16)11(15-9-17-5-6-19-15)7-14(13)20-10-3-2-4-10/h7-8,10,15,17H,2-6,9H2,1H3.